The Morgan fingerprint density at radius 3 is 2.67 bits per heavy atom. The number of nitrogens with one attached hydrogen (secondary N) is 2. The van der Waals surface area contributed by atoms with Gasteiger partial charge in [-0.25, -0.2) is 9.59 Å². The number of amides is 2. The molecule has 0 spiro atoms. The first kappa shape index (κ1) is 14.8. The van der Waals surface area contributed by atoms with Gasteiger partial charge in [-0.3, -0.25) is 0 Å². The number of carbonyl (C=O) groups excluding carboxylic acids is 1. The Bertz CT molecular complexity index is 288. The molecule has 0 aromatic rings. The van der Waals surface area contributed by atoms with Crippen molar-refractivity contribution in [2.45, 2.75) is 45.3 Å². The number of aliphatic carboxylic acids is 1. The van der Waals surface area contributed by atoms with Crippen molar-refractivity contribution in [1.82, 2.24) is 10.6 Å². The zero-order chi connectivity index (χ0) is 13.5. The van der Waals surface area contributed by atoms with Gasteiger partial charge in [0.25, 0.3) is 0 Å². The highest BCUT2D eigenvalue weighted by Crippen LogP contribution is 2.14. The Kier molecular flexibility index (Phi) is 5.91. The second-order valence-electron chi connectivity index (χ2n) is 4.88. The minimum Gasteiger partial charge on any atom is -0.480 e. The van der Waals surface area contributed by atoms with E-state index in [1.165, 1.54) is 0 Å². The van der Waals surface area contributed by atoms with Gasteiger partial charge >= 0.3 is 12.0 Å². The van der Waals surface area contributed by atoms with Gasteiger partial charge in [-0.1, -0.05) is 13.8 Å². The summed E-state index contributed by atoms with van der Waals surface area (Å²) in [5.74, 6) is -1.16. The Morgan fingerprint density at radius 2 is 2.17 bits per heavy atom. The molecule has 0 aliphatic carbocycles. The maximum absolute atomic E-state index is 11.5. The molecule has 18 heavy (non-hydrogen) atoms. The third kappa shape index (κ3) is 4.91. The topological polar surface area (TPSA) is 87.7 Å². The van der Waals surface area contributed by atoms with E-state index in [9.17, 15) is 9.59 Å². The first-order valence-corrected chi connectivity index (χ1v) is 6.39. The Labute approximate surface area is 107 Å². The first-order valence-electron chi connectivity index (χ1n) is 6.39. The number of carbonyl (C=O) groups is 2. The van der Waals surface area contributed by atoms with Crippen LogP contribution in [0.25, 0.3) is 0 Å². The average Bonchev–Trinajstić information content (AvgIpc) is 2.78. The number of hydrogen-bond donors (Lipinski definition) is 3. The summed E-state index contributed by atoms with van der Waals surface area (Å²) in [5.41, 5.74) is 0. The number of hydrogen-bond acceptors (Lipinski definition) is 3. The molecule has 1 heterocycles. The van der Waals surface area contributed by atoms with Crippen LogP contribution in [-0.4, -0.2) is 42.4 Å². The SMILES string of the molecule is CC(C)[C@@H](NC(=O)NCCC1CCCO1)C(=O)O. The highest BCUT2D eigenvalue weighted by atomic mass is 16.5. The molecule has 3 N–H and O–H groups in total. The summed E-state index contributed by atoms with van der Waals surface area (Å²) in [4.78, 5) is 22.4. The summed E-state index contributed by atoms with van der Waals surface area (Å²) in [5, 5.41) is 14.0. The highest BCUT2D eigenvalue weighted by molar-refractivity contribution is 5.82. The van der Waals surface area contributed by atoms with Crippen LogP contribution in [-0.2, 0) is 9.53 Å². The Hall–Kier alpha value is -1.30. The normalized spacial score (nSPS) is 20.7. The van der Waals surface area contributed by atoms with Gasteiger partial charge in [0.05, 0.1) is 6.10 Å². The van der Waals surface area contributed by atoms with E-state index in [-0.39, 0.29) is 12.0 Å². The van der Waals surface area contributed by atoms with Crippen molar-refractivity contribution in [2.24, 2.45) is 5.92 Å². The van der Waals surface area contributed by atoms with Crippen LogP contribution in [0.4, 0.5) is 4.79 Å². The second kappa shape index (κ2) is 7.20. The molecule has 0 saturated carbocycles. The van der Waals surface area contributed by atoms with Crippen LogP contribution in [0.5, 0.6) is 0 Å². The van der Waals surface area contributed by atoms with Gasteiger partial charge in [0.15, 0.2) is 0 Å². The van der Waals surface area contributed by atoms with Crippen molar-refractivity contribution in [3.63, 3.8) is 0 Å². The molecule has 1 rings (SSSR count). The summed E-state index contributed by atoms with van der Waals surface area (Å²) in [7, 11) is 0. The molecule has 1 aliphatic rings. The van der Waals surface area contributed by atoms with Gasteiger partial charge in [0.1, 0.15) is 6.04 Å². The first-order chi connectivity index (χ1) is 8.50. The molecule has 104 valence electrons. The number of ether oxygens (including phenoxy) is 1. The lowest BCUT2D eigenvalue weighted by Gasteiger charge is -2.18. The monoisotopic (exact) mass is 258 g/mol. The van der Waals surface area contributed by atoms with Crippen LogP contribution in [0.15, 0.2) is 0 Å². The molecule has 0 bridgehead atoms. The van der Waals surface area contributed by atoms with E-state index in [2.05, 4.69) is 10.6 Å². The highest BCUT2D eigenvalue weighted by Gasteiger charge is 2.23. The zero-order valence-corrected chi connectivity index (χ0v) is 10.9. The molecule has 6 nitrogen and oxygen atoms in total. The number of carboxylic acid groups (broad SMARTS) is 1. The van der Waals surface area contributed by atoms with E-state index < -0.39 is 18.0 Å². The average molecular weight is 258 g/mol. The van der Waals surface area contributed by atoms with E-state index in [1.807, 2.05) is 0 Å². The second-order valence-corrected chi connectivity index (χ2v) is 4.88. The molecule has 2 amide bonds. The van der Waals surface area contributed by atoms with Crippen molar-refractivity contribution < 1.29 is 19.4 Å². The van der Waals surface area contributed by atoms with E-state index in [1.54, 1.807) is 13.8 Å². The minimum atomic E-state index is -1.01. The minimum absolute atomic E-state index is 0.147. The van der Waals surface area contributed by atoms with Gasteiger partial charge in [0.2, 0.25) is 0 Å². The lowest BCUT2D eigenvalue weighted by molar-refractivity contribution is -0.140. The van der Waals surface area contributed by atoms with Gasteiger partial charge in [-0.2, -0.15) is 0 Å². The zero-order valence-electron chi connectivity index (χ0n) is 10.9. The molecular weight excluding hydrogens is 236 g/mol. The van der Waals surface area contributed by atoms with Crippen LogP contribution in [0, 0.1) is 5.92 Å². The quantitative estimate of drug-likeness (QED) is 0.662. The molecule has 0 aromatic carbocycles. The maximum Gasteiger partial charge on any atom is 0.326 e. The molecule has 1 fully saturated rings. The van der Waals surface area contributed by atoms with Crippen LogP contribution in [0.2, 0.25) is 0 Å². The van der Waals surface area contributed by atoms with Crippen LogP contribution < -0.4 is 10.6 Å². The fraction of sp³-hybridized carbons (Fsp3) is 0.833. The largest absolute Gasteiger partial charge is 0.480 e. The number of carboxylic acids is 1. The van der Waals surface area contributed by atoms with Crippen molar-refractivity contribution in [1.29, 1.82) is 0 Å². The van der Waals surface area contributed by atoms with Gasteiger partial charge in [-0.15, -0.1) is 0 Å². The van der Waals surface area contributed by atoms with Gasteiger partial charge < -0.3 is 20.5 Å². The summed E-state index contributed by atoms with van der Waals surface area (Å²) in [6.07, 6.45) is 3.11. The Morgan fingerprint density at radius 1 is 1.44 bits per heavy atom. The third-order valence-corrected chi connectivity index (χ3v) is 3.00. The fourth-order valence-corrected chi connectivity index (χ4v) is 1.92. The molecule has 0 aromatic heterocycles. The lowest BCUT2D eigenvalue weighted by atomic mass is 10.1. The van der Waals surface area contributed by atoms with Crippen molar-refractivity contribution in [2.75, 3.05) is 13.2 Å². The predicted molar refractivity (Wildman–Crippen MR) is 66.4 cm³/mol. The number of rotatable bonds is 6. The third-order valence-electron chi connectivity index (χ3n) is 3.00. The molecule has 2 atom stereocenters. The van der Waals surface area contributed by atoms with Crippen LogP contribution >= 0.6 is 0 Å². The fourth-order valence-electron chi connectivity index (χ4n) is 1.92. The van der Waals surface area contributed by atoms with E-state index >= 15 is 0 Å². The molecule has 1 saturated heterocycles. The standard InChI is InChI=1S/C12H22N2O4/c1-8(2)10(11(15)16)14-12(17)13-6-5-9-4-3-7-18-9/h8-10H,3-7H2,1-2H3,(H,15,16)(H2,13,14,17)/t9?,10-/m1/s1. The van der Waals surface area contributed by atoms with Crippen molar-refractivity contribution >= 4 is 12.0 Å². The molecule has 0 radical (unpaired) electrons. The summed E-state index contributed by atoms with van der Waals surface area (Å²) < 4.78 is 5.43. The maximum atomic E-state index is 11.5. The van der Waals surface area contributed by atoms with Crippen molar-refractivity contribution in [3.05, 3.63) is 0 Å². The predicted octanol–water partition coefficient (Wildman–Crippen LogP) is 0.964. The summed E-state index contributed by atoms with van der Waals surface area (Å²) in [6.45, 7) is 4.81. The van der Waals surface area contributed by atoms with Crippen LogP contribution in [0.1, 0.15) is 33.1 Å². The van der Waals surface area contributed by atoms with Gasteiger partial charge in [-0.05, 0) is 25.2 Å². The van der Waals surface area contributed by atoms with Gasteiger partial charge in [0, 0.05) is 13.2 Å². The number of urea groups is 1. The van der Waals surface area contributed by atoms with E-state index in [0.717, 1.165) is 25.9 Å². The smallest absolute Gasteiger partial charge is 0.326 e. The molecule has 1 aliphatic heterocycles. The lowest BCUT2D eigenvalue weighted by Crippen LogP contribution is -2.48. The van der Waals surface area contributed by atoms with Crippen molar-refractivity contribution in [3.8, 4) is 0 Å². The van der Waals surface area contributed by atoms with E-state index in [0.29, 0.717) is 6.54 Å². The van der Waals surface area contributed by atoms with Crippen LogP contribution in [0.3, 0.4) is 0 Å². The Balaban J connectivity index is 2.21. The molecule has 6 heteroatoms. The summed E-state index contributed by atoms with van der Waals surface area (Å²) in [6, 6.07) is -1.29. The molecular formula is C12H22N2O4. The molecule has 1 unspecified atom stereocenters. The summed E-state index contributed by atoms with van der Waals surface area (Å²) >= 11 is 0. The van der Waals surface area contributed by atoms with E-state index in [4.69, 9.17) is 9.84 Å².